The third-order valence-corrected chi connectivity index (χ3v) is 4.00. The van der Waals surface area contributed by atoms with Gasteiger partial charge in [0.05, 0.1) is 0 Å². The SMILES string of the molecule is C[C@@]12C=C(Cl)CC[C@]1(O)C(=O)CCC2. The molecule has 3 heteroatoms. The van der Waals surface area contributed by atoms with E-state index >= 15 is 0 Å². The molecule has 0 amide bonds. The molecule has 0 aromatic carbocycles. The third-order valence-electron chi connectivity index (χ3n) is 3.71. The summed E-state index contributed by atoms with van der Waals surface area (Å²) < 4.78 is 0. The van der Waals surface area contributed by atoms with Crippen molar-refractivity contribution >= 4 is 17.4 Å². The summed E-state index contributed by atoms with van der Waals surface area (Å²) in [4.78, 5) is 11.7. The molecular weight excluding hydrogens is 200 g/mol. The summed E-state index contributed by atoms with van der Waals surface area (Å²) in [6.45, 7) is 1.94. The van der Waals surface area contributed by atoms with Crippen LogP contribution in [0.2, 0.25) is 0 Å². The van der Waals surface area contributed by atoms with Crippen molar-refractivity contribution in [3.05, 3.63) is 11.1 Å². The van der Waals surface area contributed by atoms with Crippen LogP contribution in [0.3, 0.4) is 0 Å². The Morgan fingerprint density at radius 1 is 1.43 bits per heavy atom. The highest BCUT2D eigenvalue weighted by Crippen LogP contribution is 2.50. The number of carbonyl (C=O) groups is 1. The predicted octanol–water partition coefficient (Wildman–Crippen LogP) is 2.39. The summed E-state index contributed by atoms with van der Waals surface area (Å²) in [5.74, 6) is -0.00772. The zero-order chi connectivity index (χ0) is 10.4. The van der Waals surface area contributed by atoms with Gasteiger partial charge in [0.15, 0.2) is 5.78 Å². The van der Waals surface area contributed by atoms with Gasteiger partial charge in [-0.05, 0) is 25.7 Å². The molecule has 0 unspecified atom stereocenters. The van der Waals surface area contributed by atoms with Crippen LogP contribution < -0.4 is 0 Å². The average molecular weight is 215 g/mol. The number of hydrogen-bond acceptors (Lipinski definition) is 2. The second-order valence-electron chi connectivity index (χ2n) is 4.65. The van der Waals surface area contributed by atoms with Gasteiger partial charge in [0.2, 0.25) is 0 Å². The maximum absolute atomic E-state index is 11.7. The van der Waals surface area contributed by atoms with Gasteiger partial charge in [-0.25, -0.2) is 0 Å². The van der Waals surface area contributed by atoms with E-state index in [0.29, 0.717) is 19.3 Å². The zero-order valence-electron chi connectivity index (χ0n) is 8.35. The molecule has 1 fully saturated rings. The van der Waals surface area contributed by atoms with E-state index in [1.165, 1.54) is 0 Å². The number of halogens is 1. The quantitative estimate of drug-likeness (QED) is 0.673. The van der Waals surface area contributed by atoms with Gasteiger partial charge in [0, 0.05) is 16.9 Å². The topological polar surface area (TPSA) is 37.3 Å². The van der Waals surface area contributed by atoms with E-state index in [9.17, 15) is 9.90 Å². The first-order valence-electron chi connectivity index (χ1n) is 5.11. The third kappa shape index (κ3) is 1.24. The molecule has 1 N–H and O–H groups in total. The highest BCUT2D eigenvalue weighted by molar-refractivity contribution is 6.29. The first-order chi connectivity index (χ1) is 6.48. The number of allylic oxidation sites excluding steroid dienone is 1. The minimum atomic E-state index is -1.15. The average Bonchev–Trinajstić information content (AvgIpc) is 2.10. The van der Waals surface area contributed by atoms with Gasteiger partial charge in [-0.1, -0.05) is 24.6 Å². The summed E-state index contributed by atoms with van der Waals surface area (Å²) in [7, 11) is 0. The zero-order valence-corrected chi connectivity index (χ0v) is 9.10. The highest BCUT2D eigenvalue weighted by atomic mass is 35.5. The van der Waals surface area contributed by atoms with Crippen molar-refractivity contribution in [1.82, 2.24) is 0 Å². The number of Topliss-reactive ketones (excluding diaryl/α,β-unsaturated/α-hetero) is 1. The number of aliphatic hydroxyl groups is 1. The number of ketones is 1. The van der Waals surface area contributed by atoms with E-state index in [0.717, 1.165) is 17.9 Å². The van der Waals surface area contributed by atoms with Crippen molar-refractivity contribution < 1.29 is 9.90 Å². The first-order valence-corrected chi connectivity index (χ1v) is 5.49. The van der Waals surface area contributed by atoms with Crippen molar-refractivity contribution in [1.29, 1.82) is 0 Å². The van der Waals surface area contributed by atoms with E-state index in [1.807, 2.05) is 13.0 Å². The lowest BCUT2D eigenvalue weighted by atomic mass is 9.60. The van der Waals surface area contributed by atoms with Gasteiger partial charge in [-0.15, -0.1) is 0 Å². The lowest BCUT2D eigenvalue weighted by Crippen LogP contribution is -2.55. The molecule has 2 aliphatic carbocycles. The number of hydrogen-bond donors (Lipinski definition) is 1. The van der Waals surface area contributed by atoms with E-state index in [-0.39, 0.29) is 5.78 Å². The Morgan fingerprint density at radius 2 is 2.14 bits per heavy atom. The maximum atomic E-state index is 11.7. The molecule has 0 aromatic heterocycles. The molecule has 0 spiro atoms. The second kappa shape index (κ2) is 3.07. The standard InChI is InChI=1S/C11H15ClO2/c1-10-5-2-3-9(13)11(10,14)6-4-8(12)7-10/h7,14H,2-6H2,1H3/t10-,11+/m1/s1. The Labute approximate surface area is 88.9 Å². The molecule has 2 atom stereocenters. The van der Waals surface area contributed by atoms with Crippen LogP contribution in [0.25, 0.3) is 0 Å². The van der Waals surface area contributed by atoms with Gasteiger partial charge in [0.25, 0.3) is 0 Å². The Morgan fingerprint density at radius 3 is 2.86 bits per heavy atom. The molecule has 0 aromatic rings. The molecule has 2 aliphatic rings. The normalized spacial score (nSPS) is 43.1. The van der Waals surface area contributed by atoms with Crippen molar-refractivity contribution in [2.24, 2.45) is 5.41 Å². The van der Waals surface area contributed by atoms with Crippen molar-refractivity contribution in [3.63, 3.8) is 0 Å². The van der Waals surface area contributed by atoms with Crippen molar-refractivity contribution in [3.8, 4) is 0 Å². The number of fused-ring (bicyclic) bond motifs is 1. The summed E-state index contributed by atoms with van der Waals surface area (Å²) in [5.41, 5.74) is -1.58. The Kier molecular flexibility index (Phi) is 2.24. The number of carbonyl (C=O) groups excluding carboxylic acids is 1. The smallest absolute Gasteiger partial charge is 0.165 e. The fourth-order valence-corrected chi connectivity index (χ4v) is 3.02. The fraction of sp³-hybridized carbons (Fsp3) is 0.727. The van der Waals surface area contributed by atoms with Gasteiger partial charge in [0.1, 0.15) is 5.60 Å². The summed E-state index contributed by atoms with van der Waals surface area (Å²) in [5, 5.41) is 11.2. The van der Waals surface area contributed by atoms with Gasteiger partial charge >= 0.3 is 0 Å². The van der Waals surface area contributed by atoms with Crippen LogP contribution in [0.5, 0.6) is 0 Å². The molecule has 0 radical (unpaired) electrons. The first kappa shape index (κ1) is 10.2. The van der Waals surface area contributed by atoms with Crippen LogP contribution in [0, 0.1) is 5.41 Å². The van der Waals surface area contributed by atoms with Crippen LogP contribution >= 0.6 is 11.6 Å². The summed E-state index contributed by atoms with van der Waals surface area (Å²) >= 11 is 5.97. The van der Waals surface area contributed by atoms with Crippen LogP contribution in [0.4, 0.5) is 0 Å². The maximum Gasteiger partial charge on any atom is 0.165 e. The Balaban J connectivity index is 2.44. The van der Waals surface area contributed by atoms with Crippen LogP contribution in [-0.4, -0.2) is 16.5 Å². The van der Waals surface area contributed by atoms with Gasteiger partial charge < -0.3 is 5.11 Å². The van der Waals surface area contributed by atoms with E-state index in [1.54, 1.807) is 0 Å². The summed E-state index contributed by atoms with van der Waals surface area (Å²) in [6.07, 6.45) is 5.22. The van der Waals surface area contributed by atoms with Crippen LogP contribution in [0.15, 0.2) is 11.1 Å². The van der Waals surface area contributed by atoms with Crippen LogP contribution in [0.1, 0.15) is 39.0 Å². The van der Waals surface area contributed by atoms with Gasteiger partial charge in [-0.3, -0.25) is 4.79 Å². The van der Waals surface area contributed by atoms with Gasteiger partial charge in [-0.2, -0.15) is 0 Å². The molecular formula is C11H15ClO2. The number of rotatable bonds is 0. The molecule has 2 nitrogen and oxygen atoms in total. The molecule has 0 aliphatic heterocycles. The molecule has 2 rings (SSSR count). The molecule has 0 bridgehead atoms. The lowest BCUT2D eigenvalue weighted by molar-refractivity contribution is -0.156. The molecule has 0 saturated heterocycles. The second-order valence-corrected chi connectivity index (χ2v) is 5.13. The Hall–Kier alpha value is -0.340. The predicted molar refractivity (Wildman–Crippen MR) is 55.1 cm³/mol. The summed E-state index contributed by atoms with van der Waals surface area (Å²) in [6, 6.07) is 0. The van der Waals surface area contributed by atoms with Crippen molar-refractivity contribution in [2.75, 3.05) is 0 Å². The van der Waals surface area contributed by atoms with Crippen molar-refractivity contribution in [2.45, 2.75) is 44.6 Å². The lowest BCUT2D eigenvalue weighted by Gasteiger charge is -2.48. The monoisotopic (exact) mass is 214 g/mol. The van der Waals surface area contributed by atoms with E-state index < -0.39 is 11.0 Å². The fourth-order valence-electron chi connectivity index (χ4n) is 2.68. The van der Waals surface area contributed by atoms with Crippen LogP contribution in [-0.2, 0) is 4.79 Å². The molecule has 78 valence electrons. The largest absolute Gasteiger partial charge is 0.381 e. The van der Waals surface area contributed by atoms with E-state index in [4.69, 9.17) is 11.6 Å². The highest BCUT2D eigenvalue weighted by Gasteiger charge is 2.54. The minimum absolute atomic E-state index is 0.00772. The Bertz CT molecular complexity index is 310. The molecule has 0 heterocycles. The molecule has 1 saturated carbocycles. The minimum Gasteiger partial charge on any atom is -0.381 e. The molecule has 14 heavy (non-hydrogen) atoms. The van der Waals surface area contributed by atoms with E-state index in [2.05, 4.69) is 0 Å².